The highest BCUT2D eigenvalue weighted by Gasteiger charge is 2.38. The number of carbonyl (C=O) groups excluding carboxylic acids is 3. The Bertz CT molecular complexity index is 738. The van der Waals surface area contributed by atoms with E-state index in [1.807, 2.05) is 18.2 Å². The molecule has 0 fully saturated rings. The quantitative estimate of drug-likeness (QED) is 0.457. The summed E-state index contributed by atoms with van der Waals surface area (Å²) in [7, 11) is 3.16. The van der Waals surface area contributed by atoms with Crippen LogP contribution in [0.1, 0.15) is 19.8 Å². The molecule has 0 saturated heterocycles. The highest BCUT2D eigenvalue weighted by Crippen LogP contribution is 2.26. The summed E-state index contributed by atoms with van der Waals surface area (Å²) in [6, 6.07) is 8.40. The number of nitrogens with one attached hydrogen (secondary N) is 1. The average Bonchev–Trinajstić information content (AvgIpc) is 3.17. The van der Waals surface area contributed by atoms with E-state index in [4.69, 9.17) is 9.47 Å². The number of ether oxygens (including phenoxy) is 2. The second kappa shape index (κ2) is 11.2. The van der Waals surface area contributed by atoms with Gasteiger partial charge < -0.3 is 19.7 Å². The minimum Gasteiger partial charge on any atom is -0.461 e. The molecule has 29 heavy (non-hydrogen) atoms. The van der Waals surface area contributed by atoms with Crippen LogP contribution in [0.25, 0.3) is 0 Å². The molecular formula is C20H28N4O5. The van der Waals surface area contributed by atoms with Crippen molar-refractivity contribution in [2.24, 2.45) is 5.10 Å². The van der Waals surface area contributed by atoms with Crippen molar-refractivity contribution in [3.63, 3.8) is 0 Å². The Labute approximate surface area is 170 Å². The van der Waals surface area contributed by atoms with Crippen LogP contribution in [0.15, 0.2) is 35.4 Å². The van der Waals surface area contributed by atoms with E-state index in [9.17, 15) is 14.4 Å². The summed E-state index contributed by atoms with van der Waals surface area (Å²) in [4.78, 5) is 38.6. The summed E-state index contributed by atoms with van der Waals surface area (Å²) in [6.07, 6.45) is 0.813. The van der Waals surface area contributed by atoms with E-state index in [1.165, 1.54) is 9.91 Å². The fourth-order valence-electron chi connectivity index (χ4n) is 2.91. The number of likely N-dealkylation sites (N-methyl/N-ethyl adjacent to an activating group) is 1. The maximum atomic E-state index is 13.0. The summed E-state index contributed by atoms with van der Waals surface area (Å²) in [5, 5.41) is 8.59. The molecule has 0 bridgehead atoms. The number of hydrazone groups is 1. The van der Waals surface area contributed by atoms with Crippen molar-refractivity contribution in [2.75, 3.05) is 45.5 Å². The number of amides is 2. The van der Waals surface area contributed by atoms with E-state index in [0.29, 0.717) is 25.3 Å². The lowest BCUT2D eigenvalue weighted by Crippen LogP contribution is -2.47. The zero-order chi connectivity index (χ0) is 21.2. The van der Waals surface area contributed by atoms with Gasteiger partial charge in [0.2, 0.25) is 11.8 Å². The van der Waals surface area contributed by atoms with Gasteiger partial charge in [-0.25, -0.2) is 4.79 Å². The van der Waals surface area contributed by atoms with Gasteiger partial charge in [-0.2, -0.15) is 5.10 Å². The third-order valence-corrected chi connectivity index (χ3v) is 4.33. The molecule has 2 rings (SSSR count). The Balaban J connectivity index is 2.06. The highest BCUT2D eigenvalue weighted by molar-refractivity contribution is 6.38. The van der Waals surface area contributed by atoms with Crippen LogP contribution >= 0.6 is 0 Å². The van der Waals surface area contributed by atoms with Crippen molar-refractivity contribution < 1.29 is 23.9 Å². The molecule has 1 aromatic carbocycles. The van der Waals surface area contributed by atoms with Crippen molar-refractivity contribution in [1.29, 1.82) is 0 Å². The molecular weight excluding hydrogens is 376 g/mol. The Hall–Kier alpha value is -2.94. The molecule has 158 valence electrons. The molecule has 1 atom stereocenters. The van der Waals surface area contributed by atoms with E-state index in [1.54, 1.807) is 33.2 Å². The minimum absolute atomic E-state index is 0.0836. The summed E-state index contributed by atoms with van der Waals surface area (Å²) in [6.45, 7) is 2.89. The predicted molar refractivity (Wildman–Crippen MR) is 109 cm³/mol. The second-order valence-corrected chi connectivity index (χ2v) is 6.56. The number of benzene rings is 1. The smallest absolute Gasteiger partial charge is 0.354 e. The lowest BCUT2D eigenvalue weighted by molar-refractivity contribution is -0.135. The number of carbonyl (C=O) groups is 3. The van der Waals surface area contributed by atoms with Gasteiger partial charge in [0.05, 0.1) is 18.8 Å². The number of methoxy groups -OCH3 is 1. The van der Waals surface area contributed by atoms with Crippen LogP contribution in [0.3, 0.4) is 0 Å². The Morgan fingerprint density at radius 1 is 1.28 bits per heavy atom. The molecule has 1 N–H and O–H groups in total. The van der Waals surface area contributed by atoms with Gasteiger partial charge in [-0.05, 0) is 25.5 Å². The first-order valence-electron chi connectivity index (χ1n) is 9.57. The molecule has 1 unspecified atom stereocenters. The molecule has 1 heterocycles. The van der Waals surface area contributed by atoms with Crippen LogP contribution in [-0.2, 0) is 23.9 Å². The van der Waals surface area contributed by atoms with Gasteiger partial charge >= 0.3 is 5.97 Å². The van der Waals surface area contributed by atoms with Crippen LogP contribution in [-0.4, -0.2) is 74.9 Å². The third kappa shape index (κ3) is 6.28. The molecule has 9 heteroatoms. The fraction of sp³-hybridized carbons (Fsp3) is 0.500. The van der Waals surface area contributed by atoms with Crippen molar-refractivity contribution in [1.82, 2.24) is 10.2 Å². The molecule has 0 aromatic heterocycles. The number of hydrogen-bond donors (Lipinski definition) is 1. The summed E-state index contributed by atoms with van der Waals surface area (Å²) in [5.41, 5.74) is 0.869. The highest BCUT2D eigenvalue weighted by atomic mass is 16.5. The molecule has 1 aromatic rings. The van der Waals surface area contributed by atoms with Crippen molar-refractivity contribution in [3.05, 3.63) is 30.3 Å². The molecule has 9 nitrogen and oxygen atoms in total. The van der Waals surface area contributed by atoms with Gasteiger partial charge in [0.1, 0.15) is 11.8 Å². The SMILES string of the molecule is CCOC(=O)C1=NN(c2ccccc2)C(C(=O)N(C)CC(=O)NCCCOC)C1. The molecule has 0 saturated carbocycles. The average molecular weight is 404 g/mol. The molecule has 2 amide bonds. The standard InChI is InChI=1S/C20H28N4O5/c1-4-29-20(27)16-13-17(24(22-16)15-9-6-5-7-10-15)19(26)23(2)14-18(25)21-11-8-12-28-3/h5-7,9-10,17H,4,8,11-14H2,1-3H3,(H,21,25). The molecule has 0 spiro atoms. The number of para-hydroxylation sites is 1. The predicted octanol–water partition coefficient (Wildman–Crippen LogP) is 0.796. The number of anilines is 1. The zero-order valence-corrected chi connectivity index (χ0v) is 17.1. The van der Waals surface area contributed by atoms with Crippen LogP contribution in [0.5, 0.6) is 0 Å². The van der Waals surface area contributed by atoms with Gasteiger partial charge in [-0.1, -0.05) is 18.2 Å². The summed E-state index contributed by atoms with van der Waals surface area (Å²) in [5.74, 6) is -1.10. The van der Waals surface area contributed by atoms with Crippen molar-refractivity contribution in [3.8, 4) is 0 Å². The normalized spacial score (nSPS) is 15.6. The largest absolute Gasteiger partial charge is 0.461 e. The monoisotopic (exact) mass is 404 g/mol. The second-order valence-electron chi connectivity index (χ2n) is 6.56. The maximum absolute atomic E-state index is 13.0. The Morgan fingerprint density at radius 3 is 2.66 bits per heavy atom. The first-order valence-corrected chi connectivity index (χ1v) is 9.57. The Kier molecular flexibility index (Phi) is 8.60. The summed E-state index contributed by atoms with van der Waals surface area (Å²) < 4.78 is 9.97. The maximum Gasteiger partial charge on any atom is 0.354 e. The number of esters is 1. The van der Waals surface area contributed by atoms with E-state index < -0.39 is 12.0 Å². The topological polar surface area (TPSA) is 101 Å². The fourth-order valence-corrected chi connectivity index (χ4v) is 2.91. The molecule has 1 aliphatic heterocycles. The molecule has 1 aliphatic rings. The minimum atomic E-state index is -0.719. The Morgan fingerprint density at radius 2 is 2.00 bits per heavy atom. The third-order valence-electron chi connectivity index (χ3n) is 4.33. The van der Waals surface area contributed by atoms with E-state index >= 15 is 0 Å². The van der Waals surface area contributed by atoms with Crippen LogP contribution in [0.2, 0.25) is 0 Å². The van der Waals surface area contributed by atoms with E-state index in [0.717, 1.165) is 0 Å². The van der Waals surface area contributed by atoms with Gasteiger partial charge in [0.25, 0.3) is 0 Å². The van der Waals surface area contributed by atoms with Gasteiger partial charge in [-0.15, -0.1) is 0 Å². The van der Waals surface area contributed by atoms with Crippen LogP contribution < -0.4 is 10.3 Å². The van der Waals surface area contributed by atoms with Crippen LogP contribution in [0, 0.1) is 0 Å². The number of hydrogen-bond acceptors (Lipinski definition) is 7. The van der Waals surface area contributed by atoms with Gasteiger partial charge in [-0.3, -0.25) is 14.6 Å². The van der Waals surface area contributed by atoms with E-state index in [2.05, 4.69) is 10.4 Å². The lowest BCUT2D eigenvalue weighted by atomic mass is 10.1. The van der Waals surface area contributed by atoms with Crippen molar-refractivity contribution >= 4 is 29.2 Å². The summed E-state index contributed by atoms with van der Waals surface area (Å²) >= 11 is 0. The molecule has 0 radical (unpaired) electrons. The lowest BCUT2D eigenvalue weighted by Gasteiger charge is -2.27. The number of nitrogens with zero attached hydrogens (tertiary/aromatic N) is 3. The molecule has 0 aliphatic carbocycles. The number of rotatable bonds is 10. The zero-order valence-electron chi connectivity index (χ0n) is 17.1. The van der Waals surface area contributed by atoms with E-state index in [-0.39, 0.29) is 37.1 Å². The first-order chi connectivity index (χ1) is 14.0. The van der Waals surface area contributed by atoms with Gasteiger partial charge in [0.15, 0.2) is 0 Å². The van der Waals surface area contributed by atoms with Crippen molar-refractivity contribution in [2.45, 2.75) is 25.8 Å². The van der Waals surface area contributed by atoms with Gasteiger partial charge in [0, 0.05) is 33.7 Å². The first kappa shape index (κ1) is 22.4. The van der Waals surface area contributed by atoms with Crippen LogP contribution in [0.4, 0.5) is 5.69 Å².